The van der Waals surface area contributed by atoms with Crippen LogP contribution in [0.25, 0.3) is 0 Å². The van der Waals surface area contributed by atoms with E-state index in [1.807, 2.05) is 0 Å². The van der Waals surface area contributed by atoms with Crippen LogP contribution in [0.5, 0.6) is 11.5 Å². The lowest BCUT2D eigenvalue weighted by atomic mass is 10.3. The molecule has 0 spiro atoms. The first-order valence-electron chi connectivity index (χ1n) is 4.49. The van der Waals surface area contributed by atoms with E-state index in [9.17, 15) is 4.79 Å². The number of nitrogens with zero attached hydrogens (tertiary/aromatic N) is 1. The number of aldehydes is 1. The summed E-state index contributed by atoms with van der Waals surface area (Å²) in [6, 6.07) is 1.57. The van der Waals surface area contributed by atoms with Crippen molar-refractivity contribution in [1.29, 1.82) is 0 Å². The summed E-state index contributed by atoms with van der Waals surface area (Å²) in [5, 5.41) is 0. The lowest BCUT2D eigenvalue weighted by Crippen LogP contribution is -2.00. The lowest BCUT2D eigenvalue weighted by molar-refractivity contribution is 0.111. The Morgan fingerprint density at radius 2 is 2.29 bits per heavy atom. The zero-order valence-electron chi connectivity index (χ0n) is 7.90. The number of pyridine rings is 1. The summed E-state index contributed by atoms with van der Waals surface area (Å²) in [5.41, 5.74) is 0.352. The van der Waals surface area contributed by atoms with Crippen LogP contribution in [-0.4, -0.2) is 24.5 Å². The molecule has 1 aromatic heterocycles. The van der Waals surface area contributed by atoms with Crippen LogP contribution < -0.4 is 9.47 Å². The standard InChI is InChI=1S/C10H11NO3/c1-13-9-4-7(6-12)11-5-10(9)14-8-2-3-8/h4-6,8H,2-3H2,1H3. The molecule has 0 radical (unpaired) electrons. The Bertz CT molecular complexity index is 347. The third kappa shape index (κ3) is 1.84. The van der Waals surface area contributed by atoms with Crippen LogP contribution in [0.1, 0.15) is 23.3 Å². The summed E-state index contributed by atoms with van der Waals surface area (Å²) in [4.78, 5) is 14.4. The van der Waals surface area contributed by atoms with E-state index < -0.39 is 0 Å². The summed E-state index contributed by atoms with van der Waals surface area (Å²) in [6.45, 7) is 0. The number of aromatic nitrogens is 1. The van der Waals surface area contributed by atoms with Crippen LogP contribution in [0.3, 0.4) is 0 Å². The number of hydrogen-bond acceptors (Lipinski definition) is 4. The van der Waals surface area contributed by atoms with Gasteiger partial charge in [0.05, 0.1) is 19.4 Å². The van der Waals surface area contributed by atoms with Crippen LogP contribution in [0.2, 0.25) is 0 Å². The van der Waals surface area contributed by atoms with Crippen molar-refractivity contribution < 1.29 is 14.3 Å². The van der Waals surface area contributed by atoms with Gasteiger partial charge in [0, 0.05) is 6.07 Å². The highest BCUT2D eigenvalue weighted by molar-refractivity contribution is 5.73. The fourth-order valence-electron chi connectivity index (χ4n) is 1.12. The average Bonchev–Trinajstić information content (AvgIpc) is 3.02. The van der Waals surface area contributed by atoms with Gasteiger partial charge in [-0.3, -0.25) is 4.79 Å². The number of methoxy groups -OCH3 is 1. The van der Waals surface area contributed by atoms with Gasteiger partial charge in [-0.2, -0.15) is 0 Å². The topological polar surface area (TPSA) is 48.4 Å². The molecule has 0 aliphatic heterocycles. The van der Waals surface area contributed by atoms with Gasteiger partial charge < -0.3 is 9.47 Å². The van der Waals surface area contributed by atoms with Crippen molar-refractivity contribution in [3.8, 4) is 11.5 Å². The maximum absolute atomic E-state index is 10.5. The summed E-state index contributed by atoms with van der Waals surface area (Å²) in [5.74, 6) is 1.18. The highest BCUT2D eigenvalue weighted by Gasteiger charge is 2.25. The van der Waals surface area contributed by atoms with Gasteiger partial charge in [0.1, 0.15) is 5.69 Å². The van der Waals surface area contributed by atoms with Crippen molar-refractivity contribution in [1.82, 2.24) is 4.98 Å². The second-order valence-electron chi connectivity index (χ2n) is 3.20. The van der Waals surface area contributed by atoms with Crippen LogP contribution in [0, 0.1) is 0 Å². The van der Waals surface area contributed by atoms with Gasteiger partial charge in [-0.25, -0.2) is 4.98 Å². The minimum atomic E-state index is 0.299. The molecule has 1 saturated carbocycles. The van der Waals surface area contributed by atoms with Gasteiger partial charge >= 0.3 is 0 Å². The van der Waals surface area contributed by atoms with Crippen molar-refractivity contribution in [2.24, 2.45) is 0 Å². The van der Waals surface area contributed by atoms with E-state index in [-0.39, 0.29) is 0 Å². The first-order chi connectivity index (χ1) is 6.83. The fourth-order valence-corrected chi connectivity index (χ4v) is 1.12. The monoisotopic (exact) mass is 193 g/mol. The van der Waals surface area contributed by atoms with Crippen LogP contribution in [-0.2, 0) is 0 Å². The Balaban J connectivity index is 2.23. The third-order valence-electron chi connectivity index (χ3n) is 2.01. The Hall–Kier alpha value is -1.58. The lowest BCUT2D eigenvalue weighted by Gasteiger charge is -2.08. The second kappa shape index (κ2) is 3.65. The molecule has 1 aromatic rings. The molecule has 4 heteroatoms. The van der Waals surface area contributed by atoms with Gasteiger partial charge in [-0.05, 0) is 12.8 Å². The Kier molecular flexibility index (Phi) is 2.35. The van der Waals surface area contributed by atoms with Crippen LogP contribution in [0.4, 0.5) is 0 Å². The normalized spacial score (nSPS) is 14.9. The average molecular weight is 193 g/mol. The van der Waals surface area contributed by atoms with E-state index in [0.717, 1.165) is 12.8 Å². The van der Waals surface area contributed by atoms with Gasteiger partial charge in [0.15, 0.2) is 17.8 Å². The molecule has 4 nitrogen and oxygen atoms in total. The van der Waals surface area contributed by atoms with Gasteiger partial charge in [-0.15, -0.1) is 0 Å². The van der Waals surface area contributed by atoms with Crippen LogP contribution >= 0.6 is 0 Å². The van der Waals surface area contributed by atoms with Gasteiger partial charge in [0.25, 0.3) is 0 Å². The maximum atomic E-state index is 10.5. The zero-order valence-corrected chi connectivity index (χ0v) is 7.90. The summed E-state index contributed by atoms with van der Waals surface area (Å²) in [7, 11) is 1.55. The Labute approximate surface area is 81.9 Å². The van der Waals surface area contributed by atoms with Crippen molar-refractivity contribution in [2.45, 2.75) is 18.9 Å². The van der Waals surface area contributed by atoms with E-state index in [1.54, 1.807) is 13.2 Å². The smallest absolute Gasteiger partial charge is 0.179 e. The largest absolute Gasteiger partial charge is 0.493 e. The fraction of sp³-hybridized carbons (Fsp3) is 0.400. The molecule has 0 amide bonds. The summed E-state index contributed by atoms with van der Waals surface area (Å²) in [6.07, 6.45) is 4.68. The predicted molar refractivity (Wildman–Crippen MR) is 49.8 cm³/mol. The molecular formula is C10H11NO3. The number of ether oxygens (including phenoxy) is 2. The molecule has 74 valence electrons. The van der Waals surface area contributed by atoms with E-state index in [1.165, 1.54) is 6.20 Å². The first kappa shape index (κ1) is 8.99. The molecule has 0 bridgehead atoms. The molecule has 1 aliphatic carbocycles. The minimum Gasteiger partial charge on any atom is -0.493 e. The van der Waals surface area contributed by atoms with E-state index >= 15 is 0 Å². The highest BCUT2D eigenvalue weighted by atomic mass is 16.5. The SMILES string of the molecule is COc1cc(C=O)ncc1OC1CC1. The second-order valence-corrected chi connectivity index (χ2v) is 3.20. The first-order valence-corrected chi connectivity index (χ1v) is 4.49. The molecule has 1 heterocycles. The Morgan fingerprint density at radius 1 is 1.50 bits per heavy atom. The molecule has 0 N–H and O–H groups in total. The quantitative estimate of drug-likeness (QED) is 0.679. The molecule has 2 rings (SSSR count). The maximum Gasteiger partial charge on any atom is 0.179 e. The number of rotatable bonds is 4. The van der Waals surface area contributed by atoms with E-state index in [2.05, 4.69) is 4.98 Å². The number of carbonyl (C=O) groups excluding carboxylic acids is 1. The van der Waals surface area contributed by atoms with Crippen molar-refractivity contribution >= 4 is 6.29 Å². The molecule has 1 aliphatic rings. The van der Waals surface area contributed by atoms with Crippen molar-refractivity contribution in [2.75, 3.05) is 7.11 Å². The molecule has 1 fully saturated rings. The van der Waals surface area contributed by atoms with Crippen molar-refractivity contribution in [3.05, 3.63) is 18.0 Å². The number of carbonyl (C=O) groups is 1. The molecule has 0 aromatic carbocycles. The molecular weight excluding hydrogens is 182 g/mol. The molecule has 14 heavy (non-hydrogen) atoms. The van der Waals surface area contributed by atoms with E-state index in [4.69, 9.17) is 9.47 Å². The summed E-state index contributed by atoms with van der Waals surface area (Å²) >= 11 is 0. The van der Waals surface area contributed by atoms with Crippen molar-refractivity contribution in [3.63, 3.8) is 0 Å². The molecule has 0 saturated heterocycles. The predicted octanol–water partition coefficient (Wildman–Crippen LogP) is 1.44. The Morgan fingerprint density at radius 3 is 2.86 bits per heavy atom. The number of hydrogen-bond donors (Lipinski definition) is 0. The minimum absolute atomic E-state index is 0.299. The molecule has 0 atom stereocenters. The van der Waals surface area contributed by atoms with Gasteiger partial charge in [-0.1, -0.05) is 0 Å². The van der Waals surface area contributed by atoms with Gasteiger partial charge in [0.2, 0.25) is 0 Å². The van der Waals surface area contributed by atoms with Crippen LogP contribution in [0.15, 0.2) is 12.3 Å². The summed E-state index contributed by atoms with van der Waals surface area (Å²) < 4.78 is 10.6. The van der Waals surface area contributed by atoms with E-state index in [0.29, 0.717) is 29.6 Å². The zero-order chi connectivity index (χ0) is 9.97. The molecule has 0 unspecified atom stereocenters. The third-order valence-corrected chi connectivity index (χ3v) is 2.01. The highest BCUT2D eigenvalue weighted by Crippen LogP contribution is 2.32.